The molecule has 0 fully saturated rings. The zero-order valence-electron chi connectivity index (χ0n) is 20.2. The Morgan fingerprint density at radius 2 is 1.44 bits per heavy atom. The maximum atomic E-state index is 11.8. The number of hydrogen-bond donors (Lipinski definition) is 1. The van der Waals surface area contributed by atoms with E-state index in [0.717, 1.165) is 17.7 Å². The number of alkyl carbamates (subject to hydrolysis) is 1. The Balaban J connectivity index is 1.78. The zero-order valence-corrected chi connectivity index (χ0v) is 22.4. The first-order chi connectivity index (χ1) is 16.3. The van der Waals surface area contributed by atoms with Gasteiger partial charge in [-0.2, -0.15) is 0 Å². The van der Waals surface area contributed by atoms with Crippen molar-refractivity contribution < 1.29 is 14.3 Å². The summed E-state index contributed by atoms with van der Waals surface area (Å²) in [5.74, 6) is 0.759. The van der Waals surface area contributed by atoms with Crippen molar-refractivity contribution in [2.45, 2.75) is 39.7 Å². The van der Waals surface area contributed by atoms with E-state index in [0.29, 0.717) is 13.2 Å². The van der Waals surface area contributed by atoms with Gasteiger partial charge in [-0.1, -0.05) is 61.5 Å². The lowest BCUT2D eigenvalue weighted by atomic mass is 9.88. The molecule has 5 heteroatoms. The molecule has 0 saturated carbocycles. The number of carbonyl (C=O) groups excluding carboxylic acids is 1. The molecule has 3 aromatic carbocycles. The van der Waals surface area contributed by atoms with Gasteiger partial charge in [-0.15, -0.1) is 0 Å². The maximum Gasteiger partial charge on any atom is 0.407 e. The Morgan fingerprint density at radius 1 is 0.853 bits per heavy atom. The number of halogens is 1. The van der Waals surface area contributed by atoms with Gasteiger partial charge < -0.3 is 14.8 Å². The molecule has 0 spiro atoms. The van der Waals surface area contributed by atoms with Crippen LogP contribution in [0.15, 0.2) is 78.9 Å². The van der Waals surface area contributed by atoms with E-state index in [-0.39, 0.29) is 0 Å². The van der Waals surface area contributed by atoms with Gasteiger partial charge in [0.1, 0.15) is 18.0 Å². The molecule has 0 radical (unpaired) electrons. The first-order valence-electron chi connectivity index (χ1n) is 11.5. The SMILES string of the molecule is CC/C(=C(\c1ccc(I)cc1)c1ccc(OCCNC(=O)OC(C)(C)C)cc1)c1ccccc1. The molecule has 1 N–H and O–H groups in total. The third-order valence-electron chi connectivity index (χ3n) is 5.09. The first kappa shape index (κ1) is 25.8. The summed E-state index contributed by atoms with van der Waals surface area (Å²) in [5.41, 5.74) is 5.57. The van der Waals surface area contributed by atoms with E-state index in [2.05, 4.69) is 95.5 Å². The van der Waals surface area contributed by atoms with Gasteiger partial charge in [0.2, 0.25) is 0 Å². The summed E-state index contributed by atoms with van der Waals surface area (Å²) in [6.45, 7) is 8.45. The van der Waals surface area contributed by atoms with Crippen LogP contribution >= 0.6 is 22.6 Å². The van der Waals surface area contributed by atoms with Crippen molar-refractivity contribution in [1.82, 2.24) is 5.32 Å². The molecule has 0 unspecified atom stereocenters. The highest BCUT2D eigenvalue weighted by molar-refractivity contribution is 14.1. The lowest BCUT2D eigenvalue weighted by molar-refractivity contribution is 0.0520. The van der Waals surface area contributed by atoms with E-state index in [1.807, 2.05) is 39.0 Å². The Bertz CT molecular complexity index is 1100. The summed E-state index contributed by atoms with van der Waals surface area (Å²) in [7, 11) is 0. The van der Waals surface area contributed by atoms with Crippen LogP contribution < -0.4 is 10.1 Å². The minimum absolute atomic E-state index is 0.364. The number of benzene rings is 3. The first-order valence-corrected chi connectivity index (χ1v) is 12.6. The molecule has 34 heavy (non-hydrogen) atoms. The van der Waals surface area contributed by atoms with Crippen LogP contribution in [0.25, 0.3) is 11.1 Å². The summed E-state index contributed by atoms with van der Waals surface area (Å²) in [5, 5.41) is 2.71. The molecule has 0 aliphatic carbocycles. The number of allylic oxidation sites excluding steroid dienone is 1. The van der Waals surface area contributed by atoms with E-state index < -0.39 is 11.7 Å². The van der Waals surface area contributed by atoms with Gasteiger partial charge in [-0.3, -0.25) is 0 Å². The molecule has 0 aliphatic rings. The Morgan fingerprint density at radius 3 is 2.00 bits per heavy atom. The van der Waals surface area contributed by atoms with Gasteiger partial charge in [0.15, 0.2) is 0 Å². The van der Waals surface area contributed by atoms with Gasteiger partial charge in [0, 0.05) is 3.57 Å². The number of rotatable bonds is 8. The molecule has 0 saturated heterocycles. The third-order valence-corrected chi connectivity index (χ3v) is 5.81. The van der Waals surface area contributed by atoms with Gasteiger partial charge in [0.25, 0.3) is 0 Å². The molecular weight excluding hydrogens is 537 g/mol. The number of amides is 1. The third kappa shape index (κ3) is 7.62. The molecule has 0 bridgehead atoms. The van der Waals surface area contributed by atoms with Crippen molar-refractivity contribution in [3.63, 3.8) is 0 Å². The van der Waals surface area contributed by atoms with Crippen LogP contribution in [0.4, 0.5) is 4.79 Å². The zero-order chi connectivity index (χ0) is 24.6. The molecular formula is C29H32INO3. The average molecular weight is 569 g/mol. The van der Waals surface area contributed by atoms with E-state index in [1.165, 1.54) is 25.8 Å². The molecule has 3 rings (SSSR count). The fraction of sp³-hybridized carbons (Fsp3) is 0.276. The number of hydrogen-bond acceptors (Lipinski definition) is 3. The number of carbonyl (C=O) groups is 1. The lowest BCUT2D eigenvalue weighted by Crippen LogP contribution is -2.34. The second-order valence-corrected chi connectivity index (χ2v) is 10.1. The summed E-state index contributed by atoms with van der Waals surface area (Å²) in [6.07, 6.45) is 0.478. The Hall–Kier alpha value is -2.80. The summed E-state index contributed by atoms with van der Waals surface area (Å²) in [4.78, 5) is 11.8. The van der Waals surface area contributed by atoms with Crippen molar-refractivity contribution in [3.8, 4) is 5.75 Å². The van der Waals surface area contributed by atoms with Crippen LogP contribution in [0.3, 0.4) is 0 Å². The molecule has 4 nitrogen and oxygen atoms in total. The van der Waals surface area contributed by atoms with E-state index in [9.17, 15) is 4.79 Å². The highest BCUT2D eigenvalue weighted by Gasteiger charge is 2.16. The lowest BCUT2D eigenvalue weighted by Gasteiger charge is -2.19. The average Bonchev–Trinajstić information content (AvgIpc) is 2.81. The second-order valence-electron chi connectivity index (χ2n) is 8.88. The van der Waals surface area contributed by atoms with Gasteiger partial charge >= 0.3 is 6.09 Å². The molecule has 0 atom stereocenters. The summed E-state index contributed by atoms with van der Waals surface area (Å²) >= 11 is 2.34. The van der Waals surface area contributed by atoms with Crippen LogP contribution in [-0.2, 0) is 4.74 Å². The van der Waals surface area contributed by atoms with Crippen LogP contribution in [0.5, 0.6) is 5.75 Å². The smallest absolute Gasteiger partial charge is 0.407 e. The van der Waals surface area contributed by atoms with Crippen molar-refractivity contribution in [2.75, 3.05) is 13.2 Å². The highest BCUT2D eigenvalue weighted by Crippen LogP contribution is 2.35. The van der Waals surface area contributed by atoms with Crippen molar-refractivity contribution in [1.29, 1.82) is 0 Å². The summed E-state index contributed by atoms with van der Waals surface area (Å²) in [6, 6.07) is 27.4. The second kappa shape index (κ2) is 12.1. The monoisotopic (exact) mass is 569 g/mol. The molecule has 0 aromatic heterocycles. The van der Waals surface area contributed by atoms with E-state index in [1.54, 1.807) is 0 Å². The fourth-order valence-corrected chi connectivity index (χ4v) is 4.01. The molecule has 3 aromatic rings. The van der Waals surface area contributed by atoms with Crippen LogP contribution in [-0.4, -0.2) is 24.8 Å². The van der Waals surface area contributed by atoms with Gasteiger partial charge in [-0.05, 0) is 102 Å². The number of ether oxygens (including phenoxy) is 2. The van der Waals surface area contributed by atoms with E-state index >= 15 is 0 Å². The van der Waals surface area contributed by atoms with Crippen LogP contribution in [0, 0.1) is 3.57 Å². The number of nitrogens with one attached hydrogen (secondary N) is 1. The summed E-state index contributed by atoms with van der Waals surface area (Å²) < 4.78 is 12.3. The quantitative estimate of drug-likeness (QED) is 0.173. The van der Waals surface area contributed by atoms with Gasteiger partial charge in [-0.25, -0.2) is 4.79 Å². The maximum absolute atomic E-state index is 11.8. The molecule has 0 heterocycles. The Labute approximate surface area is 216 Å². The molecule has 0 aliphatic heterocycles. The highest BCUT2D eigenvalue weighted by atomic mass is 127. The van der Waals surface area contributed by atoms with Gasteiger partial charge in [0.05, 0.1) is 6.54 Å². The van der Waals surface area contributed by atoms with Crippen molar-refractivity contribution in [3.05, 3.63) is 99.1 Å². The minimum Gasteiger partial charge on any atom is -0.492 e. The molecule has 1 amide bonds. The standard InChI is InChI=1S/C29H32INO3/c1-5-26(21-9-7-6-8-10-21)27(22-11-15-24(30)16-12-22)23-13-17-25(18-14-23)33-20-19-31-28(32)34-29(2,3)4/h6-18H,5,19-20H2,1-4H3,(H,31,32)/b27-26-. The van der Waals surface area contributed by atoms with Crippen molar-refractivity contribution >= 4 is 39.8 Å². The van der Waals surface area contributed by atoms with Crippen LogP contribution in [0.1, 0.15) is 50.8 Å². The fourth-order valence-electron chi connectivity index (χ4n) is 3.65. The molecule has 178 valence electrons. The van der Waals surface area contributed by atoms with Crippen molar-refractivity contribution in [2.24, 2.45) is 0 Å². The van der Waals surface area contributed by atoms with E-state index in [4.69, 9.17) is 9.47 Å². The normalized spacial score (nSPS) is 12.0. The Kier molecular flexibility index (Phi) is 9.16. The predicted octanol–water partition coefficient (Wildman–Crippen LogP) is 7.56. The minimum atomic E-state index is -0.514. The largest absolute Gasteiger partial charge is 0.492 e. The van der Waals surface area contributed by atoms with Crippen LogP contribution in [0.2, 0.25) is 0 Å². The topological polar surface area (TPSA) is 47.6 Å². The predicted molar refractivity (Wildman–Crippen MR) is 148 cm³/mol.